The Bertz CT molecular complexity index is 553. The fourth-order valence-corrected chi connectivity index (χ4v) is 3.27. The lowest BCUT2D eigenvalue weighted by atomic mass is 10.0. The fourth-order valence-electron chi connectivity index (χ4n) is 2.24. The summed E-state index contributed by atoms with van der Waals surface area (Å²) in [7, 11) is 2.07. The number of benzene rings is 1. The highest BCUT2D eigenvalue weighted by Crippen LogP contribution is 2.31. The summed E-state index contributed by atoms with van der Waals surface area (Å²) in [4.78, 5) is 7.94. The van der Waals surface area contributed by atoms with Crippen LogP contribution in [0.4, 0.5) is 5.13 Å². The molecule has 0 saturated carbocycles. The average Bonchev–Trinajstić information content (AvgIpc) is 2.97. The molecular weight excluding hydrogens is 280 g/mol. The van der Waals surface area contributed by atoms with E-state index < -0.39 is 0 Å². The van der Waals surface area contributed by atoms with Crippen molar-refractivity contribution in [3.8, 4) is 0 Å². The Balaban J connectivity index is 2.05. The van der Waals surface area contributed by atoms with Gasteiger partial charge in [0.2, 0.25) is 0 Å². The smallest absolute Gasteiger partial charge is 0.185 e. The van der Waals surface area contributed by atoms with Crippen molar-refractivity contribution in [2.24, 2.45) is 0 Å². The highest BCUT2D eigenvalue weighted by molar-refractivity contribution is 7.15. The minimum absolute atomic E-state index is 0.0872. The molecule has 1 atom stereocenters. The summed E-state index contributed by atoms with van der Waals surface area (Å²) in [6.45, 7) is 5.35. The van der Waals surface area contributed by atoms with Gasteiger partial charge < -0.3 is 10.0 Å². The molecule has 2 aromatic rings. The Morgan fingerprint density at radius 3 is 2.62 bits per heavy atom. The van der Waals surface area contributed by atoms with Gasteiger partial charge in [-0.3, -0.25) is 0 Å². The second-order valence-electron chi connectivity index (χ2n) is 5.43. The SMILES string of the molecule is CCC(C)c1nc(N(C)CCc2ccccc2)sc1CO. The molecule has 4 heteroatoms. The predicted octanol–water partition coefficient (Wildman–Crippen LogP) is 3.83. The number of aliphatic hydroxyl groups excluding tert-OH is 1. The monoisotopic (exact) mass is 304 g/mol. The summed E-state index contributed by atoms with van der Waals surface area (Å²) >= 11 is 1.61. The van der Waals surface area contributed by atoms with E-state index in [2.05, 4.69) is 50.1 Å². The summed E-state index contributed by atoms with van der Waals surface area (Å²) in [6.07, 6.45) is 2.05. The van der Waals surface area contributed by atoms with Gasteiger partial charge in [-0.25, -0.2) is 4.98 Å². The molecule has 1 heterocycles. The molecule has 1 aromatic carbocycles. The Morgan fingerprint density at radius 2 is 2.00 bits per heavy atom. The zero-order valence-electron chi connectivity index (χ0n) is 13.0. The number of aromatic nitrogens is 1. The standard InChI is InChI=1S/C17H24N2OS/c1-4-13(2)16-15(12-20)21-17(18-16)19(3)11-10-14-8-6-5-7-9-14/h5-9,13,20H,4,10-12H2,1-3H3. The zero-order valence-corrected chi connectivity index (χ0v) is 13.9. The fraction of sp³-hybridized carbons (Fsp3) is 0.471. The third kappa shape index (κ3) is 4.05. The highest BCUT2D eigenvalue weighted by Gasteiger charge is 2.17. The number of hydrogen-bond acceptors (Lipinski definition) is 4. The highest BCUT2D eigenvalue weighted by atomic mass is 32.1. The maximum Gasteiger partial charge on any atom is 0.185 e. The van der Waals surface area contributed by atoms with Crippen molar-refractivity contribution in [1.29, 1.82) is 0 Å². The van der Waals surface area contributed by atoms with Gasteiger partial charge in [0.25, 0.3) is 0 Å². The second-order valence-corrected chi connectivity index (χ2v) is 6.49. The first-order chi connectivity index (χ1) is 10.2. The van der Waals surface area contributed by atoms with Gasteiger partial charge in [-0.05, 0) is 24.3 Å². The molecule has 0 radical (unpaired) electrons. The summed E-state index contributed by atoms with van der Waals surface area (Å²) in [5.74, 6) is 0.402. The summed E-state index contributed by atoms with van der Waals surface area (Å²) in [5.41, 5.74) is 2.40. The van der Waals surface area contributed by atoms with Crippen molar-refractivity contribution in [3.05, 3.63) is 46.5 Å². The summed E-state index contributed by atoms with van der Waals surface area (Å²) in [5, 5.41) is 10.5. The van der Waals surface area contributed by atoms with Gasteiger partial charge in [-0.2, -0.15) is 0 Å². The Labute approximate surface area is 131 Å². The maximum atomic E-state index is 9.52. The van der Waals surface area contributed by atoms with Crippen LogP contribution in [0, 0.1) is 0 Å². The van der Waals surface area contributed by atoms with E-state index in [4.69, 9.17) is 4.98 Å². The molecule has 1 unspecified atom stereocenters. The molecule has 1 N–H and O–H groups in total. The van der Waals surface area contributed by atoms with Crippen LogP contribution in [0.3, 0.4) is 0 Å². The Hall–Kier alpha value is -1.39. The molecule has 0 aliphatic heterocycles. The number of likely N-dealkylation sites (N-methyl/N-ethyl adjacent to an activating group) is 1. The number of thiazole rings is 1. The van der Waals surface area contributed by atoms with Gasteiger partial charge in [0.15, 0.2) is 5.13 Å². The molecule has 0 bridgehead atoms. The molecule has 0 spiro atoms. The van der Waals surface area contributed by atoms with Crippen LogP contribution >= 0.6 is 11.3 Å². The van der Waals surface area contributed by atoms with Gasteiger partial charge in [0.05, 0.1) is 17.2 Å². The van der Waals surface area contributed by atoms with Crippen LogP contribution in [0.2, 0.25) is 0 Å². The van der Waals surface area contributed by atoms with E-state index in [0.29, 0.717) is 5.92 Å². The predicted molar refractivity (Wildman–Crippen MR) is 90.2 cm³/mol. The molecule has 0 fully saturated rings. The van der Waals surface area contributed by atoms with Crippen molar-refractivity contribution in [3.63, 3.8) is 0 Å². The van der Waals surface area contributed by atoms with E-state index in [1.807, 2.05) is 6.07 Å². The average molecular weight is 304 g/mol. The molecule has 0 aliphatic carbocycles. The number of anilines is 1. The van der Waals surface area contributed by atoms with Gasteiger partial charge in [0, 0.05) is 13.6 Å². The van der Waals surface area contributed by atoms with Crippen LogP contribution < -0.4 is 4.90 Å². The van der Waals surface area contributed by atoms with Gasteiger partial charge >= 0.3 is 0 Å². The zero-order chi connectivity index (χ0) is 15.2. The number of rotatable bonds is 7. The lowest BCUT2D eigenvalue weighted by Crippen LogP contribution is -2.20. The molecule has 0 aliphatic rings. The van der Waals surface area contributed by atoms with Gasteiger partial charge in [0.1, 0.15) is 0 Å². The summed E-state index contributed by atoms with van der Waals surface area (Å²) < 4.78 is 0. The summed E-state index contributed by atoms with van der Waals surface area (Å²) in [6, 6.07) is 10.5. The first-order valence-corrected chi connectivity index (χ1v) is 8.32. The van der Waals surface area contributed by atoms with E-state index >= 15 is 0 Å². The van der Waals surface area contributed by atoms with Crippen LogP contribution in [0.5, 0.6) is 0 Å². The van der Waals surface area contributed by atoms with Crippen LogP contribution in [0.25, 0.3) is 0 Å². The van der Waals surface area contributed by atoms with Crippen molar-refractivity contribution in [2.75, 3.05) is 18.5 Å². The molecule has 114 valence electrons. The molecule has 0 saturated heterocycles. The Morgan fingerprint density at radius 1 is 1.29 bits per heavy atom. The van der Waals surface area contributed by atoms with E-state index in [1.165, 1.54) is 5.56 Å². The van der Waals surface area contributed by atoms with Gasteiger partial charge in [-0.1, -0.05) is 55.5 Å². The molecule has 2 rings (SSSR count). The van der Waals surface area contributed by atoms with Crippen molar-refractivity contribution in [1.82, 2.24) is 4.98 Å². The lowest BCUT2D eigenvalue weighted by Gasteiger charge is -2.15. The van der Waals surface area contributed by atoms with Gasteiger partial charge in [-0.15, -0.1) is 0 Å². The molecule has 21 heavy (non-hydrogen) atoms. The molecule has 1 aromatic heterocycles. The minimum Gasteiger partial charge on any atom is -0.391 e. The van der Waals surface area contributed by atoms with Crippen molar-refractivity contribution < 1.29 is 5.11 Å². The first-order valence-electron chi connectivity index (χ1n) is 7.51. The molecular formula is C17H24N2OS. The second kappa shape index (κ2) is 7.57. The van der Waals surface area contributed by atoms with Crippen LogP contribution in [-0.4, -0.2) is 23.7 Å². The third-order valence-electron chi connectivity index (χ3n) is 3.84. The largest absolute Gasteiger partial charge is 0.391 e. The van der Waals surface area contributed by atoms with Crippen LogP contribution in [0.1, 0.15) is 42.3 Å². The van der Waals surface area contributed by atoms with Crippen LogP contribution in [0.15, 0.2) is 30.3 Å². The van der Waals surface area contributed by atoms with Crippen molar-refractivity contribution in [2.45, 2.75) is 39.2 Å². The Kier molecular flexibility index (Phi) is 5.76. The normalized spacial score (nSPS) is 12.4. The topological polar surface area (TPSA) is 36.4 Å². The van der Waals surface area contributed by atoms with Crippen LogP contribution in [-0.2, 0) is 13.0 Å². The van der Waals surface area contributed by atoms with E-state index in [9.17, 15) is 5.11 Å². The first kappa shape index (κ1) is 16.0. The van der Waals surface area contributed by atoms with E-state index in [-0.39, 0.29) is 6.61 Å². The van der Waals surface area contributed by atoms with E-state index in [0.717, 1.165) is 35.1 Å². The number of nitrogens with zero attached hydrogens (tertiary/aromatic N) is 2. The van der Waals surface area contributed by atoms with Crippen molar-refractivity contribution >= 4 is 16.5 Å². The lowest BCUT2D eigenvalue weighted by molar-refractivity contribution is 0.283. The minimum atomic E-state index is 0.0872. The quantitative estimate of drug-likeness (QED) is 0.844. The van der Waals surface area contributed by atoms with E-state index in [1.54, 1.807) is 11.3 Å². The molecule has 0 amide bonds. The number of hydrogen-bond donors (Lipinski definition) is 1. The number of aliphatic hydroxyl groups is 1. The molecule has 3 nitrogen and oxygen atoms in total. The maximum absolute atomic E-state index is 9.52. The third-order valence-corrected chi connectivity index (χ3v) is 5.01.